The summed E-state index contributed by atoms with van der Waals surface area (Å²) in [7, 11) is 0. The number of nitrogens with one attached hydrogen (secondary N) is 1. The van der Waals surface area contributed by atoms with E-state index in [2.05, 4.69) is 27.7 Å². The second-order valence-electron chi connectivity index (χ2n) is 5.68. The van der Waals surface area contributed by atoms with Gasteiger partial charge in [-0.2, -0.15) is 5.10 Å². The molecule has 6 heteroatoms. The van der Waals surface area contributed by atoms with Gasteiger partial charge in [0, 0.05) is 12.1 Å². The van der Waals surface area contributed by atoms with E-state index in [-0.39, 0.29) is 11.7 Å². The average molecular weight is 344 g/mol. The van der Waals surface area contributed by atoms with Crippen molar-refractivity contribution in [3.63, 3.8) is 0 Å². The smallest absolute Gasteiger partial charge is 0.295 e. The lowest BCUT2D eigenvalue weighted by atomic mass is 10.1. The van der Waals surface area contributed by atoms with Gasteiger partial charge in [-0.15, -0.1) is 0 Å². The van der Waals surface area contributed by atoms with Crippen LogP contribution < -0.4 is 5.32 Å². The molecule has 128 valence electrons. The number of nitrogens with zero attached hydrogens (tertiary/aromatic N) is 3. The topological polar surface area (TPSA) is 73.0 Å². The highest BCUT2D eigenvalue weighted by molar-refractivity contribution is 6.02. The van der Waals surface area contributed by atoms with Crippen molar-refractivity contribution in [2.75, 3.05) is 5.32 Å². The molecular formula is C20H16N4O2. The molecule has 0 spiro atoms. The summed E-state index contributed by atoms with van der Waals surface area (Å²) in [5.74, 6) is 0.322. The van der Waals surface area contributed by atoms with Gasteiger partial charge in [0.1, 0.15) is 5.82 Å². The molecule has 2 aromatic heterocycles. The highest BCUT2D eigenvalue weighted by Gasteiger charge is 2.17. The van der Waals surface area contributed by atoms with E-state index < -0.39 is 0 Å². The van der Waals surface area contributed by atoms with Gasteiger partial charge in [-0.05, 0) is 24.1 Å². The van der Waals surface area contributed by atoms with Crippen molar-refractivity contribution in [2.24, 2.45) is 0 Å². The standard InChI is InChI=1S/C20H16N4O2/c25-20(18-12-13-21-26-18)22-19-14-17(15-8-4-1-2-5-9-15)23-24(19)16-10-6-3-7-11-16/h1-4,6-14H,5H2,(H,22,25). The van der Waals surface area contributed by atoms with Gasteiger partial charge in [-0.25, -0.2) is 4.68 Å². The molecule has 0 saturated carbocycles. The summed E-state index contributed by atoms with van der Waals surface area (Å²) < 4.78 is 6.64. The van der Waals surface area contributed by atoms with E-state index in [9.17, 15) is 4.79 Å². The molecule has 4 rings (SSSR count). The molecule has 1 aliphatic rings. The highest BCUT2D eigenvalue weighted by atomic mass is 16.5. The van der Waals surface area contributed by atoms with Gasteiger partial charge in [-0.3, -0.25) is 4.79 Å². The minimum atomic E-state index is -0.377. The van der Waals surface area contributed by atoms with E-state index in [1.165, 1.54) is 12.3 Å². The maximum absolute atomic E-state index is 12.4. The molecule has 0 fully saturated rings. The van der Waals surface area contributed by atoms with Gasteiger partial charge in [0.05, 0.1) is 17.6 Å². The molecule has 6 nitrogen and oxygen atoms in total. The number of carbonyl (C=O) groups excluding carboxylic acids is 1. The predicted molar refractivity (Wildman–Crippen MR) is 98.9 cm³/mol. The number of rotatable bonds is 4. The fourth-order valence-corrected chi connectivity index (χ4v) is 2.66. The lowest BCUT2D eigenvalue weighted by Crippen LogP contribution is -2.14. The van der Waals surface area contributed by atoms with Crippen LogP contribution in [0.25, 0.3) is 11.3 Å². The Labute approximate surface area is 150 Å². The number of amides is 1. The van der Waals surface area contributed by atoms with Gasteiger partial charge >= 0.3 is 0 Å². The van der Waals surface area contributed by atoms with Crippen molar-refractivity contribution in [3.05, 3.63) is 90.5 Å². The summed E-state index contributed by atoms with van der Waals surface area (Å²) in [5, 5.41) is 11.1. The first-order valence-electron chi connectivity index (χ1n) is 8.22. The van der Waals surface area contributed by atoms with Crippen molar-refractivity contribution in [1.82, 2.24) is 14.9 Å². The third kappa shape index (κ3) is 3.25. The zero-order valence-electron chi connectivity index (χ0n) is 13.9. The molecule has 0 saturated heterocycles. The van der Waals surface area contributed by atoms with Crippen LogP contribution in [0.2, 0.25) is 0 Å². The molecule has 0 unspecified atom stereocenters. The van der Waals surface area contributed by atoms with Crippen LogP contribution in [0, 0.1) is 0 Å². The van der Waals surface area contributed by atoms with Crippen molar-refractivity contribution in [3.8, 4) is 5.69 Å². The fraction of sp³-hybridized carbons (Fsp3) is 0.0500. The van der Waals surface area contributed by atoms with Crippen LogP contribution in [0.4, 0.5) is 5.82 Å². The average Bonchev–Trinajstić information content (AvgIpc) is 3.27. The summed E-state index contributed by atoms with van der Waals surface area (Å²) in [5.41, 5.74) is 2.63. The number of para-hydroxylation sites is 1. The number of hydrogen-bond donors (Lipinski definition) is 1. The number of allylic oxidation sites excluding steroid dienone is 6. The molecule has 0 atom stereocenters. The number of aromatic nitrogens is 3. The summed E-state index contributed by atoms with van der Waals surface area (Å²) in [6.07, 6.45) is 12.4. The number of carbonyl (C=O) groups is 1. The first-order chi connectivity index (χ1) is 12.8. The van der Waals surface area contributed by atoms with Crippen LogP contribution in [0.5, 0.6) is 0 Å². The van der Waals surface area contributed by atoms with Crippen molar-refractivity contribution in [2.45, 2.75) is 6.42 Å². The predicted octanol–water partition coefficient (Wildman–Crippen LogP) is 4.01. The molecule has 1 aliphatic carbocycles. The fourth-order valence-electron chi connectivity index (χ4n) is 2.66. The van der Waals surface area contributed by atoms with Gasteiger partial charge in [0.15, 0.2) is 0 Å². The number of hydrogen-bond acceptors (Lipinski definition) is 4. The Hall–Kier alpha value is -3.67. The molecule has 1 aromatic carbocycles. The molecule has 0 aliphatic heterocycles. The Morgan fingerprint density at radius 3 is 2.85 bits per heavy atom. The third-order valence-corrected chi connectivity index (χ3v) is 3.91. The Morgan fingerprint density at radius 2 is 2.04 bits per heavy atom. The molecule has 3 aromatic rings. The first kappa shape index (κ1) is 15.8. The summed E-state index contributed by atoms with van der Waals surface area (Å²) in [4.78, 5) is 12.4. The number of benzene rings is 1. The van der Waals surface area contributed by atoms with E-state index in [4.69, 9.17) is 4.52 Å². The second kappa shape index (κ2) is 7.06. The van der Waals surface area contributed by atoms with Crippen molar-refractivity contribution in [1.29, 1.82) is 0 Å². The quantitative estimate of drug-likeness (QED) is 0.776. The molecule has 26 heavy (non-hydrogen) atoms. The number of anilines is 1. The van der Waals surface area contributed by atoms with Gasteiger partial charge in [0.2, 0.25) is 5.76 Å². The van der Waals surface area contributed by atoms with Gasteiger partial charge in [-0.1, -0.05) is 53.7 Å². The summed E-state index contributed by atoms with van der Waals surface area (Å²) >= 11 is 0. The maximum atomic E-state index is 12.4. The summed E-state index contributed by atoms with van der Waals surface area (Å²) in [6.45, 7) is 0. The van der Waals surface area contributed by atoms with E-state index in [1.807, 2.05) is 54.6 Å². The van der Waals surface area contributed by atoms with E-state index in [1.54, 1.807) is 4.68 Å². The van der Waals surface area contributed by atoms with Crippen LogP contribution >= 0.6 is 0 Å². The van der Waals surface area contributed by atoms with Crippen LogP contribution in [-0.2, 0) is 0 Å². The molecule has 1 N–H and O–H groups in total. The minimum Gasteiger partial charge on any atom is -0.351 e. The van der Waals surface area contributed by atoms with E-state index in [0.717, 1.165) is 23.4 Å². The van der Waals surface area contributed by atoms with E-state index >= 15 is 0 Å². The van der Waals surface area contributed by atoms with Crippen molar-refractivity contribution >= 4 is 17.3 Å². The van der Waals surface area contributed by atoms with Crippen LogP contribution in [-0.4, -0.2) is 20.8 Å². The molecular weight excluding hydrogens is 328 g/mol. The zero-order chi connectivity index (χ0) is 17.8. The highest BCUT2D eigenvalue weighted by Crippen LogP contribution is 2.24. The lowest BCUT2D eigenvalue weighted by molar-refractivity contribution is 0.0987. The normalized spacial score (nSPS) is 13.3. The minimum absolute atomic E-state index is 0.144. The molecule has 1 amide bonds. The Morgan fingerprint density at radius 1 is 1.15 bits per heavy atom. The Kier molecular flexibility index (Phi) is 4.30. The Balaban J connectivity index is 1.73. The second-order valence-corrected chi connectivity index (χ2v) is 5.68. The lowest BCUT2D eigenvalue weighted by Gasteiger charge is -2.07. The molecule has 0 radical (unpaired) electrons. The maximum Gasteiger partial charge on any atom is 0.295 e. The van der Waals surface area contributed by atoms with Crippen LogP contribution in [0.1, 0.15) is 22.7 Å². The van der Waals surface area contributed by atoms with Crippen LogP contribution in [0.3, 0.4) is 0 Å². The summed E-state index contributed by atoms with van der Waals surface area (Å²) in [6, 6.07) is 13.0. The molecule has 2 heterocycles. The Bertz CT molecular complexity index is 996. The van der Waals surface area contributed by atoms with E-state index in [0.29, 0.717) is 5.82 Å². The monoisotopic (exact) mass is 344 g/mol. The van der Waals surface area contributed by atoms with Crippen molar-refractivity contribution < 1.29 is 9.32 Å². The SMILES string of the molecule is O=C(Nc1cc(C2=CCC=CC=C2)nn1-c1ccccc1)c1ccno1. The first-order valence-corrected chi connectivity index (χ1v) is 8.22. The largest absolute Gasteiger partial charge is 0.351 e. The molecule has 0 bridgehead atoms. The zero-order valence-corrected chi connectivity index (χ0v) is 13.9. The van der Waals surface area contributed by atoms with Crippen LogP contribution in [0.15, 0.2) is 83.6 Å². The third-order valence-electron chi connectivity index (χ3n) is 3.91. The van der Waals surface area contributed by atoms with Gasteiger partial charge < -0.3 is 9.84 Å². The van der Waals surface area contributed by atoms with Gasteiger partial charge in [0.25, 0.3) is 5.91 Å².